The SMILES string of the molecule is NC1=NCCCN1CCCCCCCCCCCCN1CCCN=C1N. The fraction of sp³-hybridized carbons (Fsp3) is 0.900. The molecular formula is C20H40N6. The van der Waals surface area contributed by atoms with Crippen LogP contribution in [0.4, 0.5) is 0 Å². The van der Waals surface area contributed by atoms with Gasteiger partial charge in [-0.2, -0.15) is 0 Å². The lowest BCUT2D eigenvalue weighted by Gasteiger charge is -2.26. The highest BCUT2D eigenvalue weighted by Gasteiger charge is 2.11. The Balaban J connectivity index is 1.32. The van der Waals surface area contributed by atoms with E-state index in [0.29, 0.717) is 0 Å². The molecule has 4 N–H and O–H groups in total. The predicted molar refractivity (Wildman–Crippen MR) is 112 cm³/mol. The van der Waals surface area contributed by atoms with E-state index in [-0.39, 0.29) is 0 Å². The molecular weight excluding hydrogens is 324 g/mol. The van der Waals surface area contributed by atoms with E-state index in [1.54, 1.807) is 0 Å². The first-order valence-corrected chi connectivity index (χ1v) is 10.9. The number of nitrogens with two attached hydrogens (primary N) is 2. The smallest absolute Gasteiger partial charge is 0.191 e. The minimum atomic E-state index is 0.756. The molecule has 0 fully saturated rings. The molecule has 26 heavy (non-hydrogen) atoms. The third-order valence-electron chi connectivity index (χ3n) is 5.47. The molecule has 0 amide bonds. The van der Waals surface area contributed by atoms with Crippen molar-refractivity contribution in [3.63, 3.8) is 0 Å². The minimum absolute atomic E-state index is 0.756. The van der Waals surface area contributed by atoms with Crippen molar-refractivity contribution < 1.29 is 0 Å². The van der Waals surface area contributed by atoms with Crippen LogP contribution >= 0.6 is 0 Å². The zero-order valence-corrected chi connectivity index (χ0v) is 16.7. The summed E-state index contributed by atoms with van der Waals surface area (Å²) in [6.45, 7) is 6.16. The third kappa shape index (κ3) is 8.28. The van der Waals surface area contributed by atoms with Gasteiger partial charge >= 0.3 is 0 Å². The van der Waals surface area contributed by atoms with Crippen molar-refractivity contribution in [2.75, 3.05) is 39.3 Å². The minimum Gasteiger partial charge on any atom is -0.370 e. The summed E-state index contributed by atoms with van der Waals surface area (Å²) in [6, 6.07) is 0. The summed E-state index contributed by atoms with van der Waals surface area (Å²) < 4.78 is 0. The van der Waals surface area contributed by atoms with Crippen molar-refractivity contribution >= 4 is 11.9 Å². The molecule has 150 valence electrons. The molecule has 0 aromatic carbocycles. The summed E-state index contributed by atoms with van der Waals surface area (Å²) in [5.74, 6) is 1.51. The van der Waals surface area contributed by atoms with Crippen molar-refractivity contribution in [3.8, 4) is 0 Å². The van der Waals surface area contributed by atoms with Gasteiger partial charge < -0.3 is 21.3 Å². The van der Waals surface area contributed by atoms with Gasteiger partial charge in [0.2, 0.25) is 0 Å². The van der Waals surface area contributed by atoms with Crippen molar-refractivity contribution in [3.05, 3.63) is 0 Å². The van der Waals surface area contributed by atoms with Crippen LogP contribution < -0.4 is 11.5 Å². The highest BCUT2D eigenvalue weighted by molar-refractivity contribution is 5.78. The lowest BCUT2D eigenvalue weighted by atomic mass is 10.1. The number of nitrogens with zero attached hydrogens (tertiary/aromatic N) is 4. The molecule has 0 spiro atoms. The predicted octanol–water partition coefficient (Wildman–Crippen LogP) is 2.93. The highest BCUT2D eigenvalue weighted by atomic mass is 15.3. The maximum Gasteiger partial charge on any atom is 0.191 e. The first-order chi connectivity index (χ1) is 12.8. The maximum atomic E-state index is 5.92. The van der Waals surface area contributed by atoms with Gasteiger partial charge in [0, 0.05) is 39.3 Å². The van der Waals surface area contributed by atoms with Crippen LogP contribution in [0.3, 0.4) is 0 Å². The number of hydrogen-bond acceptors (Lipinski definition) is 6. The Morgan fingerprint density at radius 2 is 0.923 bits per heavy atom. The van der Waals surface area contributed by atoms with Crippen LogP contribution in [-0.4, -0.2) is 61.0 Å². The van der Waals surface area contributed by atoms with E-state index in [4.69, 9.17) is 11.5 Å². The molecule has 0 aromatic heterocycles. The lowest BCUT2D eigenvalue weighted by molar-refractivity contribution is 0.372. The van der Waals surface area contributed by atoms with Gasteiger partial charge in [-0.05, 0) is 25.7 Å². The molecule has 0 unspecified atom stereocenters. The van der Waals surface area contributed by atoms with Gasteiger partial charge in [-0.3, -0.25) is 9.98 Å². The summed E-state index contributed by atoms with van der Waals surface area (Å²) in [5.41, 5.74) is 11.8. The second-order valence-corrected chi connectivity index (χ2v) is 7.70. The van der Waals surface area contributed by atoms with Crippen LogP contribution in [0.5, 0.6) is 0 Å². The van der Waals surface area contributed by atoms with Gasteiger partial charge in [0.25, 0.3) is 0 Å². The van der Waals surface area contributed by atoms with Gasteiger partial charge in [0.15, 0.2) is 11.9 Å². The number of guanidine groups is 2. The molecule has 2 rings (SSSR count). The topological polar surface area (TPSA) is 83.2 Å². The van der Waals surface area contributed by atoms with Crippen molar-refractivity contribution in [1.29, 1.82) is 0 Å². The molecule has 0 bridgehead atoms. The van der Waals surface area contributed by atoms with Crippen LogP contribution in [-0.2, 0) is 0 Å². The molecule has 2 aliphatic rings. The summed E-state index contributed by atoms with van der Waals surface area (Å²) in [4.78, 5) is 13.1. The first kappa shape index (κ1) is 20.8. The van der Waals surface area contributed by atoms with E-state index in [2.05, 4.69) is 19.8 Å². The van der Waals surface area contributed by atoms with Crippen LogP contribution in [0.15, 0.2) is 9.98 Å². The average Bonchev–Trinajstić information content (AvgIpc) is 2.65. The second-order valence-electron chi connectivity index (χ2n) is 7.70. The molecule has 2 heterocycles. The van der Waals surface area contributed by atoms with E-state index >= 15 is 0 Å². The first-order valence-electron chi connectivity index (χ1n) is 10.9. The van der Waals surface area contributed by atoms with Crippen molar-refractivity contribution in [2.24, 2.45) is 21.5 Å². The second kappa shape index (κ2) is 12.8. The molecule has 6 nitrogen and oxygen atoms in total. The Kier molecular flexibility index (Phi) is 10.3. The van der Waals surface area contributed by atoms with Crippen molar-refractivity contribution in [1.82, 2.24) is 9.80 Å². The van der Waals surface area contributed by atoms with Crippen LogP contribution in [0.2, 0.25) is 0 Å². The Hall–Kier alpha value is -1.46. The zero-order valence-electron chi connectivity index (χ0n) is 16.7. The highest BCUT2D eigenvalue weighted by Crippen LogP contribution is 2.12. The summed E-state index contributed by atoms with van der Waals surface area (Å²) in [6.07, 6.45) is 15.7. The van der Waals surface area contributed by atoms with E-state index in [0.717, 1.165) is 64.0 Å². The Morgan fingerprint density at radius 1 is 0.577 bits per heavy atom. The molecule has 0 radical (unpaired) electrons. The monoisotopic (exact) mass is 364 g/mol. The van der Waals surface area contributed by atoms with Crippen molar-refractivity contribution in [2.45, 2.75) is 77.0 Å². The van der Waals surface area contributed by atoms with Gasteiger partial charge in [-0.25, -0.2) is 0 Å². The summed E-state index contributed by atoms with van der Waals surface area (Å²) >= 11 is 0. The quantitative estimate of drug-likeness (QED) is 0.492. The lowest BCUT2D eigenvalue weighted by Crippen LogP contribution is -2.41. The molecule has 0 aromatic rings. The molecule has 0 saturated carbocycles. The molecule has 0 aliphatic carbocycles. The molecule has 0 saturated heterocycles. The van der Waals surface area contributed by atoms with E-state index in [1.807, 2.05) is 0 Å². The Morgan fingerprint density at radius 3 is 1.27 bits per heavy atom. The van der Waals surface area contributed by atoms with Gasteiger partial charge in [0.1, 0.15) is 0 Å². The average molecular weight is 365 g/mol. The van der Waals surface area contributed by atoms with E-state index in [1.165, 1.54) is 64.2 Å². The Labute approximate surface area is 160 Å². The molecule has 2 aliphatic heterocycles. The van der Waals surface area contributed by atoms with E-state index in [9.17, 15) is 0 Å². The van der Waals surface area contributed by atoms with E-state index < -0.39 is 0 Å². The normalized spacial score (nSPS) is 18.0. The fourth-order valence-corrected chi connectivity index (χ4v) is 3.81. The standard InChI is InChI=1S/C20H40N6/c21-19-23-13-11-17-25(19)15-9-7-5-3-1-2-4-6-8-10-16-26-18-12-14-24-20(26)22/h1-18H2,(H2,21,23)(H2,22,24). The number of aliphatic imine (C=N–C) groups is 2. The number of rotatable bonds is 13. The number of hydrogen-bond donors (Lipinski definition) is 2. The summed E-state index contributed by atoms with van der Waals surface area (Å²) in [5, 5.41) is 0. The maximum absolute atomic E-state index is 5.92. The molecule has 6 heteroatoms. The fourth-order valence-electron chi connectivity index (χ4n) is 3.81. The number of unbranched alkanes of at least 4 members (excludes halogenated alkanes) is 9. The zero-order chi connectivity index (χ0) is 18.5. The third-order valence-corrected chi connectivity index (χ3v) is 5.47. The van der Waals surface area contributed by atoms with Gasteiger partial charge in [-0.15, -0.1) is 0 Å². The largest absolute Gasteiger partial charge is 0.370 e. The Bertz CT molecular complexity index is 394. The molecule has 0 atom stereocenters. The summed E-state index contributed by atoms with van der Waals surface area (Å²) in [7, 11) is 0. The van der Waals surface area contributed by atoms with Crippen LogP contribution in [0, 0.1) is 0 Å². The van der Waals surface area contributed by atoms with Gasteiger partial charge in [0.05, 0.1) is 0 Å². The van der Waals surface area contributed by atoms with Crippen LogP contribution in [0.1, 0.15) is 77.0 Å². The van der Waals surface area contributed by atoms with Crippen LogP contribution in [0.25, 0.3) is 0 Å². The van der Waals surface area contributed by atoms with Gasteiger partial charge in [-0.1, -0.05) is 51.4 Å².